The molecule has 0 aromatic rings. The molecule has 0 heterocycles. The third kappa shape index (κ3) is 2900. The molecule has 0 unspecified atom stereocenters. The van der Waals surface area contributed by atoms with E-state index in [4.69, 9.17) is 34.8 Å². The third-order valence-corrected chi connectivity index (χ3v) is 0. The fraction of sp³-hybridized carbons (Fsp3) is 0.750. The van der Waals surface area contributed by atoms with Crippen molar-refractivity contribution < 1.29 is 4.79 Å². The van der Waals surface area contributed by atoms with Gasteiger partial charge in [-0.15, -0.1) is 0 Å². The lowest BCUT2D eigenvalue weighted by Crippen LogP contribution is -2.01. The molecule has 2 nitrogen and oxygen atoms in total. The first-order valence-corrected chi connectivity index (χ1v) is 3.19. The highest BCUT2D eigenvalue weighted by Crippen LogP contribution is 2.23. The molecule has 0 aliphatic heterocycles. The highest BCUT2D eigenvalue weighted by molar-refractivity contribution is 6.67. The van der Waals surface area contributed by atoms with Crippen molar-refractivity contribution in [3.05, 3.63) is 0 Å². The SMILES string of the molecule is CC(Cl)(Cl)Cl.CC(N)=O. The number of alkyl halides is 3. The summed E-state index contributed by atoms with van der Waals surface area (Å²) in [4.78, 5) is 9.22. The van der Waals surface area contributed by atoms with E-state index in [1.54, 1.807) is 0 Å². The van der Waals surface area contributed by atoms with Crippen molar-refractivity contribution >= 4 is 40.7 Å². The second kappa shape index (κ2) is 5.15. The van der Waals surface area contributed by atoms with Crippen LogP contribution in [0, 0.1) is 0 Å². The molecular weight excluding hydrogens is 184 g/mol. The zero-order valence-corrected chi connectivity index (χ0v) is 7.39. The van der Waals surface area contributed by atoms with Gasteiger partial charge in [0.1, 0.15) is 0 Å². The number of halogens is 3. The Labute approximate surface area is 69.3 Å². The summed E-state index contributed by atoms with van der Waals surface area (Å²) < 4.78 is -1.08. The maximum absolute atomic E-state index is 9.22. The van der Waals surface area contributed by atoms with Crippen LogP contribution in [-0.2, 0) is 4.79 Å². The minimum Gasteiger partial charge on any atom is -0.370 e. The Balaban J connectivity index is 0. The first-order valence-electron chi connectivity index (χ1n) is 2.06. The number of carbonyl (C=O) groups is 1. The molecule has 2 N–H and O–H groups in total. The van der Waals surface area contributed by atoms with Gasteiger partial charge < -0.3 is 5.73 Å². The molecule has 0 aromatic carbocycles. The first-order chi connectivity index (χ1) is 3.73. The van der Waals surface area contributed by atoms with E-state index < -0.39 is 3.79 Å². The van der Waals surface area contributed by atoms with E-state index in [2.05, 4.69) is 5.73 Å². The summed E-state index contributed by atoms with van der Waals surface area (Å²) in [6.45, 7) is 2.79. The Morgan fingerprint density at radius 3 is 1.44 bits per heavy atom. The van der Waals surface area contributed by atoms with Gasteiger partial charge in [0.15, 0.2) is 3.79 Å². The van der Waals surface area contributed by atoms with Gasteiger partial charge in [0.2, 0.25) is 5.91 Å². The van der Waals surface area contributed by atoms with Crippen molar-refractivity contribution in [2.24, 2.45) is 5.73 Å². The lowest BCUT2D eigenvalue weighted by atomic mass is 10.8. The average molecular weight is 192 g/mol. The lowest BCUT2D eigenvalue weighted by molar-refractivity contribution is -0.115. The normalized spacial score (nSPS) is 9.44. The molecule has 0 aliphatic carbocycles. The number of nitrogens with two attached hydrogens (primary N) is 1. The van der Waals surface area contributed by atoms with Crippen LogP contribution in [0.15, 0.2) is 0 Å². The molecule has 1 amide bonds. The fourth-order valence-electron chi connectivity index (χ4n) is 0. The number of carbonyl (C=O) groups excluding carboxylic acids is 1. The highest BCUT2D eigenvalue weighted by Gasteiger charge is 2.07. The zero-order valence-electron chi connectivity index (χ0n) is 5.12. The zero-order chi connectivity index (χ0) is 8.08. The summed E-state index contributed by atoms with van der Waals surface area (Å²) in [5, 5.41) is 0. The molecule has 0 atom stereocenters. The van der Waals surface area contributed by atoms with Crippen molar-refractivity contribution in [1.29, 1.82) is 0 Å². The van der Waals surface area contributed by atoms with E-state index >= 15 is 0 Å². The second-order valence-corrected chi connectivity index (χ2v) is 4.24. The second-order valence-electron chi connectivity index (χ2n) is 1.39. The number of primary amides is 1. The quantitative estimate of drug-likeness (QED) is 0.585. The standard InChI is InChI=1S/C2H3Cl3.C2H5NO/c1-2(3,4)5;1-2(3)4/h1H3;1H3,(H2,3,4). The molecule has 56 valence electrons. The minimum absolute atomic E-state index is 0.333. The predicted octanol–water partition coefficient (Wildman–Crippen LogP) is 1.87. The van der Waals surface area contributed by atoms with Gasteiger partial charge in [0, 0.05) is 6.92 Å². The Morgan fingerprint density at radius 1 is 1.44 bits per heavy atom. The summed E-state index contributed by atoms with van der Waals surface area (Å²) in [5.41, 5.74) is 4.47. The van der Waals surface area contributed by atoms with E-state index in [-0.39, 0.29) is 5.91 Å². The van der Waals surface area contributed by atoms with E-state index in [1.165, 1.54) is 13.8 Å². The maximum atomic E-state index is 9.22. The van der Waals surface area contributed by atoms with Crippen LogP contribution in [-0.4, -0.2) is 9.70 Å². The Bertz CT molecular complexity index is 78.3. The molecule has 0 aromatic heterocycles. The molecule has 9 heavy (non-hydrogen) atoms. The van der Waals surface area contributed by atoms with Gasteiger partial charge in [-0.1, -0.05) is 34.8 Å². The molecule has 0 radical (unpaired) electrons. The van der Waals surface area contributed by atoms with Crippen LogP contribution in [0.1, 0.15) is 13.8 Å². The van der Waals surface area contributed by atoms with E-state index in [1.807, 2.05) is 0 Å². The number of amides is 1. The van der Waals surface area contributed by atoms with Gasteiger partial charge in [-0.05, 0) is 6.92 Å². The van der Waals surface area contributed by atoms with Crippen molar-refractivity contribution in [3.63, 3.8) is 0 Å². The van der Waals surface area contributed by atoms with Crippen molar-refractivity contribution in [2.45, 2.75) is 17.6 Å². The van der Waals surface area contributed by atoms with Crippen LogP contribution in [0.4, 0.5) is 0 Å². The smallest absolute Gasteiger partial charge is 0.214 e. The molecule has 0 rings (SSSR count). The molecule has 0 aliphatic rings. The van der Waals surface area contributed by atoms with Gasteiger partial charge in [-0.2, -0.15) is 0 Å². The lowest BCUT2D eigenvalue weighted by Gasteiger charge is -1.94. The molecule has 0 saturated carbocycles. The fourth-order valence-corrected chi connectivity index (χ4v) is 0. The van der Waals surface area contributed by atoms with E-state index in [0.717, 1.165) is 0 Å². The van der Waals surface area contributed by atoms with Crippen molar-refractivity contribution in [1.82, 2.24) is 0 Å². The van der Waals surface area contributed by atoms with Gasteiger partial charge in [-0.25, -0.2) is 0 Å². The van der Waals surface area contributed by atoms with Crippen LogP contribution in [0.2, 0.25) is 0 Å². The number of hydrogen-bond acceptors (Lipinski definition) is 1. The minimum atomic E-state index is -1.08. The summed E-state index contributed by atoms with van der Waals surface area (Å²) in [6, 6.07) is 0. The Hall–Kier alpha value is 0.340. The monoisotopic (exact) mass is 191 g/mol. The van der Waals surface area contributed by atoms with Crippen molar-refractivity contribution in [2.75, 3.05) is 0 Å². The van der Waals surface area contributed by atoms with Gasteiger partial charge >= 0.3 is 0 Å². The predicted molar refractivity (Wildman–Crippen MR) is 40.8 cm³/mol. The van der Waals surface area contributed by atoms with Crippen molar-refractivity contribution in [3.8, 4) is 0 Å². The van der Waals surface area contributed by atoms with Crippen LogP contribution in [0.3, 0.4) is 0 Å². The maximum Gasteiger partial charge on any atom is 0.214 e. The van der Waals surface area contributed by atoms with E-state index in [0.29, 0.717) is 0 Å². The summed E-state index contributed by atoms with van der Waals surface area (Å²) in [5.74, 6) is -0.333. The van der Waals surface area contributed by atoms with Gasteiger partial charge in [0.25, 0.3) is 0 Å². The van der Waals surface area contributed by atoms with Gasteiger partial charge in [0.05, 0.1) is 0 Å². The topological polar surface area (TPSA) is 43.1 Å². The summed E-state index contributed by atoms with van der Waals surface area (Å²) >= 11 is 15.2. The summed E-state index contributed by atoms with van der Waals surface area (Å²) in [7, 11) is 0. The molecule has 0 saturated heterocycles. The molecule has 0 spiro atoms. The summed E-state index contributed by atoms with van der Waals surface area (Å²) in [6.07, 6.45) is 0. The van der Waals surface area contributed by atoms with Gasteiger partial charge in [-0.3, -0.25) is 4.79 Å². The van der Waals surface area contributed by atoms with E-state index in [9.17, 15) is 4.79 Å². The Morgan fingerprint density at radius 2 is 1.44 bits per heavy atom. The number of rotatable bonds is 0. The number of hydrogen-bond donors (Lipinski definition) is 1. The molecule has 5 heteroatoms. The molecular formula is C4H8Cl3NO. The average Bonchev–Trinajstić information content (AvgIpc) is 1.19. The van der Waals surface area contributed by atoms with Crippen LogP contribution in [0.25, 0.3) is 0 Å². The van der Waals surface area contributed by atoms with Crippen LogP contribution in [0.5, 0.6) is 0 Å². The van der Waals surface area contributed by atoms with Crippen LogP contribution >= 0.6 is 34.8 Å². The molecule has 0 fully saturated rings. The highest BCUT2D eigenvalue weighted by atomic mass is 35.6. The third-order valence-electron chi connectivity index (χ3n) is 0. The van der Waals surface area contributed by atoms with Crippen LogP contribution < -0.4 is 5.73 Å². The molecule has 0 bridgehead atoms. The largest absolute Gasteiger partial charge is 0.370 e. The Kier molecular flexibility index (Phi) is 6.90. The first kappa shape index (κ1) is 12.1.